The molecule has 3 aromatic rings. The Hall–Kier alpha value is -3.91. The van der Waals surface area contributed by atoms with Gasteiger partial charge < -0.3 is 15.4 Å². The summed E-state index contributed by atoms with van der Waals surface area (Å²) in [5.74, 6) is 6.36. The third kappa shape index (κ3) is 4.58. The molecule has 1 atom stereocenters. The number of Topliss-reactive ketones (excluding diaryl/α,β-unsaturated/α-hetero) is 1. The molecule has 2 N–H and O–H groups in total. The van der Waals surface area contributed by atoms with Crippen LogP contribution in [0.15, 0.2) is 34.1 Å². The highest BCUT2D eigenvalue weighted by molar-refractivity contribution is 5.80. The zero-order chi connectivity index (χ0) is 24.2. The quantitative estimate of drug-likeness (QED) is 0.479. The van der Waals surface area contributed by atoms with Gasteiger partial charge in [0.25, 0.3) is 5.56 Å². The largest absolute Gasteiger partial charge is 0.484 e. The highest BCUT2D eigenvalue weighted by atomic mass is 16.5. The van der Waals surface area contributed by atoms with Gasteiger partial charge in [-0.15, -0.1) is 5.92 Å². The fraction of sp³-hybridized carbons (Fsp3) is 0.435. The third-order valence-corrected chi connectivity index (χ3v) is 5.74. The number of imidazole rings is 1. The van der Waals surface area contributed by atoms with Crippen molar-refractivity contribution in [2.45, 2.75) is 38.9 Å². The fourth-order valence-corrected chi connectivity index (χ4v) is 4.06. The van der Waals surface area contributed by atoms with Crippen LogP contribution in [0.2, 0.25) is 0 Å². The molecule has 3 aromatic heterocycles. The van der Waals surface area contributed by atoms with E-state index in [-0.39, 0.29) is 30.4 Å². The van der Waals surface area contributed by atoms with Crippen LogP contribution in [0.4, 0.5) is 5.95 Å². The monoisotopic (exact) mass is 465 g/mol. The molecule has 1 fully saturated rings. The van der Waals surface area contributed by atoms with Gasteiger partial charge in [-0.25, -0.2) is 4.79 Å². The maximum absolute atomic E-state index is 13.5. The van der Waals surface area contributed by atoms with E-state index < -0.39 is 23.6 Å². The number of carbonyl (C=O) groups excluding carboxylic acids is 1. The van der Waals surface area contributed by atoms with Crippen molar-refractivity contribution in [3.05, 3.63) is 45.4 Å². The number of hydrogen-bond donors (Lipinski definition) is 1. The zero-order valence-corrected chi connectivity index (χ0v) is 19.2. The van der Waals surface area contributed by atoms with Gasteiger partial charge in [0.1, 0.15) is 12.4 Å². The molecule has 34 heavy (non-hydrogen) atoms. The first-order valence-electron chi connectivity index (χ1n) is 11.1. The molecule has 0 saturated carbocycles. The predicted octanol–water partition coefficient (Wildman–Crippen LogP) is -0.109. The lowest BCUT2D eigenvalue weighted by Gasteiger charge is -2.31. The first-order chi connectivity index (χ1) is 16.4. The minimum absolute atomic E-state index is 0.00261. The Kier molecular flexibility index (Phi) is 6.79. The van der Waals surface area contributed by atoms with E-state index in [1.165, 1.54) is 17.8 Å². The molecular formula is C23H27N7O4. The Balaban J connectivity index is 1.73. The number of ketones is 1. The predicted molar refractivity (Wildman–Crippen MR) is 127 cm³/mol. The van der Waals surface area contributed by atoms with E-state index in [2.05, 4.69) is 21.8 Å². The molecule has 1 saturated heterocycles. The fourth-order valence-electron chi connectivity index (χ4n) is 4.06. The average Bonchev–Trinajstić information content (AvgIpc) is 3.23. The van der Waals surface area contributed by atoms with E-state index in [4.69, 9.17) is 10.5 Å². The number of nitrogens with two attached hydrogens (primary N) is 1. The van der Waals surface area contributed by atoms with Crippen molar-refractivity contribution in [3.63, 3.8) is 0 Å². The first kappa shape index (κ1) is 23.3. The second kappa shape index (κ2) is 9.93. The van der Waals surface area contributed by atoms with Gasteiger partial charge in [-0.05, 0) is 31.9 Å². The van der Waals surface area contributed by atoms with Crippen molar-refractivity contribution in [1.29, 1.82) is 0 Å². The van der Waals surface area contributed by atoms with Crippen LogP contribution < -0.4 is 26.6 Å². The van der Waals surface area contributed by atoms with E-state index >= 15 is 0 Å². The number of hydrogen-bond acceptors (Lipinski definition) is 8. The summed E-state index contributed by atoms with van der Waals surface area (Å²) in [6.45, 7) is 2.55. The molecule has 178 valence electrons. The number of fused-ring (bicyclic) bond motifs is 1. The van der Waals surface area contributed by atoms with Crippen molar-refractivity contribution in [2.75, 3.05) is 24.6 Å². The van der Waals surface area contributed by atoms with Gasteiger partial charge in [-0.3, -0.25) is 28.3 Å². The average molecular weight is 466 g/mol. The lowest BCUT2D eigenvalue weighted by Crippen LogP contribution is -2.44. The number of piperidine rings is 1. The Morgan fingerprint density at radius 3 is 2.85 bits per heavy atom. The summed E-state index contributed by atoms with van der Waals surface area (Å²) in [6, 6.07) is 3.34. The second-order valence-corrected chi connectivity index (χ2v) is 8.19. The SMILES string of the molecule is CC#CCn1c(N2CCCC(N)C2)nc2c1c(=O)n(CC(=O)COc1cccnc1)c(=O)n2C. The van der Waals surface area contributed by atoms with Gasteiger partial charge in [0.05, 0.1) is 19.3 Å². The molecule has 1 aliphatic heterocycles. The van der Waals surface area contributed by atoms with Crippen LogP contribution in [0.3, 0.4) is 0 Å². The Morgan fingerprint density at radius 1 is 1.32 bits per heavy atom. The number of rotatable bonds is 7. The Bertz CT molecular complexity index is 1380. The molecule has 0 bridgehead atoms. The van der Waals surface area contributed by atoms with E-state index in [0.717, 1.165) is 24.0 Å². The van der Waals surface area contributed by atoms with Gasteiger partial charge in [0, 0.05) is 32.4 Å². The Labute approximate surface area is 195 Å². The van der Waals surface area contributed by atoms with Crippen molar-refractivity contribution in [2.24, 2.45) is 12.8 Å². The molecule has 0 aliphatic carbocycles. The molecule has 11 heteroatoms. The van der Waals surface area contributed by atoms with Crippen molar-refractivity contribution < 1.29 is 9.53 Å². The maximum atomic E-state index is 13.5. The van der Waals surface area contributed by atoms with E-state index in [0.29, 0.717) is 18.2 Å². The standard InChI is InChI=1S/C23H27N7O4/c1-3-4-11-29-19-20(26-22(29)28-10-6-7-16(24)13-28)27(2)23(33)30(21(19)32)14-17(31)15-34-18-8-5-9-25-12-18/h5,8-9,12,16H,6-7,10-11,13-15,24H2,1-2H3. The van der Waals surface area contributed by atoms with E-state index in [1.807, 2.05) is 4.90 Å². The summed E-state index contributed by atoms with van der Waals surface area (Å²) >= 11 is 0. The summed E-state index contributed by atoms with van der Waals surface area (Å²) in [5, 5.41) is 0. The van der Waals surface area contributed by atoms with Crippen molar-refractivity contribution in [1.82, 2.24) is 23.7 Å². The van der Waals surface area contributed by atoms with Gasteiger partial charge in [0.2, 0.25) is 5.95 Å². The van der Waals surface area contributed by atoms with Crippen LogP contribution in [0.25, 0.3) is 11.2 Å². The maximum Gasteiger partial charge on any atom is 0.332 e. The minimum Gasteiger partial charge on any atom is -0.484 e. The molecular weight excluding hydrogens is 438 g/mol. The molecule has 0 spiro atoms. The number of ether oxygens (including phenoxy) is 1. The molecule has 11 nitrogen and oxygen atoms in total. The normalized spacial score (nSPS) is 15.7. The zero-order valence-electron chi connectivity index (χ0n) is 19.2. The lowest BCUT2D eigenvalue weighted by atomic mass is 10.1. The third-order valence-electron chi connectivity index (χ3n) is 5.74. The summed E-state index contributed by atoms with van der Waals surface area (Å²) in [7, 11) is 1.53. The highest BCUT2D eigenvalue weighted by Gasteiger charge is 2.26. The topological polar surface area (TPSA) is 130 Å². The number of nitrogens with zero attached hydrogens (tertiary/aromatic N) is 6. The molecule has 0 aromatic carbocycles. The van der Waals surface area contributed by atoms with Crippen LogP contribution in [-0.4, -0.2) is 55.2 Å². The summed E-state index contributed by atoms with van der Waals surface area (Å²) in [6.07, 6.45) is 4.88. The smallest absolute Gasteiger partial charge is 0.332 e. The first-order valence-corrected chi connectivity index (χ1v) is 11.1. The number of aromatic nitrogens is 5. The summed E-state index contributed by atoms with van der Waals surface area (Å²) in [5.41, 5.74) is 5.41. The van der Waals surface area contributed by atoms with Crippen LogP contribution in [0.1, 0.15) is 19.8 Å². The summed E-state index contributed by atoms with van der Waals surface area (Å²) < 4.78 is 9.33. The van der Waals surface area contributed by atoms with Crippen LogP contribution >= 0.6 is 0 Å². The van der Waals surface area contributed by atoms with Gasteiger partial charge in [-0.1, -0.05) is 5.92 Å². The second-order valence-electron chi connectivity index (χ2n) is 8.19. The number of aryl methyl sites for hydroxylation is 1. The molecule has 0 radical (unpaired) electrons. The number of anilines is 1. The van der Waals surface area contributed by atoms with E-state index in [9.17, 15) is 14.4 Å². The molecule has 1 unspecified atom stereocenters. The van der Waals surface area contributed by atoms with Crippen molar-refractivity contribution in [3.8, 4) is 17.6 Å². The van der Waals surface area contributed by atoms with Gasteiger partial charge >= 0.3 is 5.69 Å². The minimum atomic E-state index is -0.625. The number of carbonyl (C=O) groups is 1. The van der Waals surface area contributed by atoms with Crippen LogP contribution in [-0.2, 0) is 24.9 Å². The molecule has 0 amide bonds. The van der Waals surface area contributed by atoms with Crippen molar-refractivity contribution >= 4 is 22.9 Å². The molecule has 4 heterocycles. The number of pyridine rings is 1. The lowest BCUT2D eigenvalue weighted by molar-refractivity contribution is -0.121. The van der Waals surface area contributed by atoms with E-state index in [1.54, 1.807) is 29.8 Å². The Morgan fingerprint density at radius 2 is 2.15 bits per heavy atom. The summed E-state index contributed by atoms with van der Waals surface area (Å²) in [4.78, 5) is 49.6. The molecule has 4 rings (SSSR count). The van der Waals surface area contributed by atoms with Crippen LogP contribution in [0, 0.1) is 11.8 Å². The highest BCUT2D eigenvalue weighted by Crippen LogP contribution is 2.22. The molecule has 1 aliphatic rings. The van der Waals surface area contributed by atoms with Gasteiger partial charge in [0.15, 0.2) is 16.9 Å². The van der Waals surface area contributed by atoms with Gasteiger partial charge in [-0.2, -0.15) is 4.98 Å². The van der Waals surface area contributed by atoms with Crippen LogP contribution in [0.5, 0.6) is 5.75 Å².